The van der Waals surface area contributed by atoms with Crippen LogP contribution in [0.15, 0.2) is 76.6 Å². The number of carbonyl (C=O) groups excluding carboxylic acids is 1. The first kappa shape index (κ1) is 22.1. The molecule has 0 bridgehead atoms. The van der Waals surface area contributed by atoms with Gasteiger partial charge in [0.25, 0.3) is 5.56 Å². The molecule has 0 radical (unpaired) electrons. The van der Waals surface area contributed by atoms with E-state index in [4.69, 9.17) is 0 Å². The van der Waals surface area contributed by atoms with E-state index in [-0.39, 0.29) is 17.4 Å². The third-order valence-corrected chi connectivity index (χ3v) is 5.39. The number of pyridine rings is 1. The monoisotopic (exact) mass is 450 g/mol. The molecule has 2 atom stereocenters. The van der Waals surface area contributed by atoms with Crippen molar-refractivity contribution in [2.24, 2.45) is 0 Å². The number of hydrogen-bond acceptors (Lipinski definition) is 4. The van der Waals surface area contributed by atoms with Gasteiger partial charge in [0.1, 0.15) is 17.7 Å². The van der Waals surface area contributed by atoms with Crippen LogP contribution in [-0.4, -0.2) is 20.4 Å². The smallest absolute Gasteiger partial charge is 0.329 e. The molecule has 0 saturated carbocycles. The van der Waals surface area contributed by atoms with Gasteiger partial charge in [-0.25, -0.2) is 18.1 Å². The molecule has 0 saturated heterocycles. The zero-order chi connectivity index (χ0) is 23.5. The number of nitrogens with zero attached hydrogens (tertiary/aromatic N) is 2. The Morgan fingerprint density at radius 1 is 1.12 bits per heavy atom. The van der Waals surface area contributed by atoms with Crippen LogP contribution in [0.25, 0.3) is 10.9 Å². The standard InChI is InChI=1S/C24H20F2N4O3/c1-14(17-9-8-16(25)12-19(17)26)28-22(31)21(11-15-5-4-10-27-13-15)30-23(32)18-6-2-3-7-20(18)29-24(30)33/h2-10,12-14,21H,11H2,1H3,(H,28,31)(H,29,33)/t14?,21-/m1/s1. The maximum Gasteiger partial charge on any atom is 0.329 e. The van der Waals surface area contributed by atoms with Crippen LogP contribution in [0.1, 0.15) is 30.1 Å². The average molecular weight is 450 g/mol. The fourth-order valence-corrected chi connectivity index (χ4v) is 3.74. The Kier molecular flexibility index (Phi) is 6.12. The summed E-state index contributed by atoms with van der Waals surface area (Å²) in [7, 11) is 0. The van der Waals surface area contributed by atoms with Crippen molar-refractivity contribution in [3.05, 3.63) is 111 Å². The minimum Gasteiger partial charge on any atom is -0.348 e. The van der Waals surface area contributed by atoms with E-state index in [1.807, 2.05) is 0 Å². The van der Waals surface area contributed by atoms with Gasteiger partial charge in [-0.15, -0.1) is 0 Å². The molecule has 2 aromatic heterocycles. The number of aromatic nitrogens is 3. The predicted octanol–water partition coefficient (Wildman–Crippen LogP) is 3.02. The quantitative estimate of drug-likeness (QED) is 0.472. The molecular weight excluding hydrogens is 430 g/mol. The lowest BCUT2D eigenvalue weighted by Crippen LogP contribution is -2.46. The first-order valence-corrected chi connectivity index (χ1v) is 10.2. The normalized spacial score (nSPS) is 12.9. The molecule has 0 aliphatic carbocycles. The molecule has 1 amide bonds. The first-order chi connectivity index (χ1) is 15.8. The van der Waals surface area contributed by atoms with E-state index in [1.54, 1.807) is 42.6 Å². The zero-order valence-corrected chi connectivity index (χ0v) is 17.6. The molecule has 0 fully saturated rings. The number of benzene rings is 2. The highest BCUT2D eigenvalue weighted by Crippen LogP contribution is 2.20. The number of para-hydroxylation sites is 1. The van der Waals surface area contributed by atoms with Crippen molar-refractivity contribution >= 4 is 16.8 Å². The molecule has 7 nitrogen and oxygen atoms in total. The molecule has 33 heavy (non-hydrogen) atoms. The highest BCUT2D eigenvalue weighted by molar-refractivity contribution is 5.82. The van der Waals surface area contributed by atoms with E-state index in [1.165, 1.54) is 19.2 Å². The topological polar surface area (TPSA) is 96.8 Å². The first-order valence-electron chi connectivity index (χ1n) is 10.2. The molecule has 0 spiro atoms. The van der Waals surface area contributed by atoms with Crippen LogP contribution >= 0.6 is 0 Å². The summed E-state index contributed by atoms with van der Waals surface area (Å²) in [5.74, 6) is -2.22. The molecule has 0 aliphatic heterocycles. The van der Waals surface area contributed by atoms with Crippen molar-refractivity contribution in [2.75, 3.05) is 0 Å². The summed E-state index contributed by atoms with van der Waals surface area (Å²) in [6.45, 7) is 1.53. The van der Waals surface area contributed by atoms with Gasteiger partial charge < -0.3 is 10.3 Å². The second-order valence-corrected chi connectivity index (χ2v) is 7.63. The van der Waals surface area contributed by atoms with Crippen LogP contribution in [0, 0.1) is 11.6 Å². The van der Waals surface area contributed by atoms with E-state index >= 15 is 0 Å². The van der Waals surface area contributed by atoms with Crippen LogP contribution in [0.2, 0.25) is 0 Å². The van der Waals surface area contributed by atoms with E-state index in [9.17, 15) is 23.2 Å². The number of halogens is 2. The van der Waals surface area contributed by atoms with Gasteiger partial charge in [0.15, 0.2) is 0 Å². The molecule has 9 heteroatoms. The number of rotatable bonds is 6. The van der Waals surface area contributed by atoms with Gasteiger partial charge in [-0.1, -0.05) is 24.3 Å². The number of hydrogen-bond donors (Lipinski definition) is 2. The summed E-state index contributed by atoms with van der Waals surface area (Å²) in [6, 6.07) is 10.9. The minimum absolute atomic E-state index is 0.000377. The second kappa shape index (κ2) is 9.15. The van der Waals surface area contributed by atoms with Crippen LogP contribution < -0.4 is 16.6 Å². The van der Waals surface area contributed by atoms with Gasteiger partial charge >= 0.3 is 5.69 Å². The predicted molar refractivity (Wildman–Crippen MR) is 119 cm³/mol. The van der Waals surface area contributed by atoms with E-state index in [0.29, 0.717) is 11.1 Å². The summed E-state index contributed by atoms with van der Waals surface area (Å²) >= 11 is 0. The SMILES string of the molecule is CC(NC(=O)[C@@H](Cc1cccnc1)n1c(=O)[nH]c2ccccc2c1=O)c1ccc(F)cc1F. The van der Waals surface area contributed by atoms with Crippen LogP contribution in [0.4, 0.5) is 8.78 Å². The lowest BCUT2D eigenvalue weighted by atomic mass is 10.0. The summed E-state index contributed by atoms with van der Waals surface area (Å²) in [6.07, 6.45) is 3.09. The van der Waals surface area contributed by atoms with Gasteiger partial charge in [-0.2, -0.15) is 0 Å². The fourth-order valence-electron chi connectivity index (χ4n) is 3.74. The maximum absolute atomic E-state index is 14.2. The zero-order valence-electron chi connectivity index (χ0n) is 17.6. The third-order valence-electron chi connectivity index (χ3n) is 5.39. The molecule has 4 rings (SSSR count). The Morgan fingerprint density at radius 3 is 2.64 bits per heavy atom. The highest BCUT2D eigenvalue weighted by Gasteiger charge is 2.27. The summed E-state index contributed by atoms with van der Waals surface area (Å²) < 4.78 is 28.3. The molecule has 2 heterocycles. The molecular formula is C24H20F2N4O3. The Bertz CT molecular complexity index is 1430. The number of amides is 1. The molecule has 168 valence electrons. The number of nitrogens with one attached hydrogen (secondary N) is 2. The lowest BCUT2D eigenvalue weighted by Gasteiger charge is -2.22. The van der Waals surface area contributed by atoms with Crippen molar-refractivity contribution < 1.29 is 13.6 Å². The van der Waals surface area contributed by atoms with Gasteiger partial charge in [0.2, 0.25) is 5.91 Å². The fraction of sp³-hybridized carbons (Fsp3) is 0.167. The summed E-state index contributed by atoms with van der Waals surface area (Å²) in [5, 5.41) is 2.89. The molecule has 4 aromatic rings. The van der Waals surface area contributed by atoms with Crippen molar-refractivity contribution in [3.63, 3.8) is 0 Å². The van der Waals surface area contributed by atoms with E-state index in [2.05, 4.69) is 15.3 Å². The van der Waals surface area contributed by atoms with Crippen molar-refractivity contribution in [3.8, 4) is 0 Å². The largest absolute Gasteiger partial charge is 0.348 e. The van der Waals surface area contributed by atoms with Crippen LogP contribution in [0.5, 0.6) is 0 Å². The highest BCUT2D eigenvalue weighted by atomic mass is 19.1. The number of fused-ring (bicyclic) bond motifs is 1. The van der Waals surface area contributed by atoms with Gasteiger partial charge in [-0.05, 0) is 36.8 Å². The number of aromatic amines is 1. The van der Waals surface area contributed by atoms with Crippen molar-refractivity contribution in [1.29, 1.82) is 0 Å². The van der Waals surface area contributed by atoms with Crippen LogP contribution in [-0.2, 0) is 11.2 Å². The summed E-state index contributed by atoms with van der Waals surface area (Å²) in [5.41, 5.74) is -0.323. The Morgan fingerprint density at radius 2 is 1.91 bits per heavy atom. The van der Waals surface area contributed by atoms with Gasteiger partial charge in [0.05, 0.1) is 16.9 Å². The summed E-state index contributed by atoms with van der Waals surface area (Å²) in [4.78, 5) is 46.0. The Hall–Kier alpha value is -4.14. The van der Waals surface area contributed by atoms with E-state index < -0.39 is 40.9 Å². The molecule has 2 N–H and O–H groups in total. The van der Waals surface area contributed by atoms with Crippen LogP contribution in [0.3, 0.4) is 0 Å². The Labute approximate surface area is 186 Å². The number of H-pyrrole nitrogens is 1. The van der Waals surface area contributed by atoms with Gasteiger partial charge in [-0.3, -0.25) is 14.6 Å². The average Bonchev–Trinajstić information content (AvgIpc) is 2.79. The van der Waals surface area contributed by atoms with E-state index in [0.717, 1.165) is 16.7 Å². The molecule has 1 unspecified atom stereocenters. The van der Waals surface area contributed by atoms with Gasteiger partial charge in [0, 0.05) is 30.4 Å². The Balaban J connectivity index is 1.76. The van der Waals surface area contributed by atoms with Crippen molar-refractivity contribution in [1.82, 2.24) is 19.9 Å². The molecule has 0 aliphatic rings. The minimum atomic E-state index is -1.24. The molecule has 2 aromatic carbocycles. The lowest BCUT2D eigenvalue weighted by molar-refractivity contribution is -0.125. The maximum atomic E-state index is 14.2. The number of carbonyl (C=O) groups is 1. The van der Waals surface area contributed by atoms with Crippen molar-refractivity contribution in [2.45, 2.75) is 25.4 Å². The second-order valence-electron chi connectivity index (χ2n) is 7.63. The third kappa shape index (κ3) is 4.57.